The van der Waals surface area contributed by atoms with Crippen molar-refractivity contribution < 1.29 is 5.11 Å². The average Bonchev–Trinajstić information content (AvgIpc) is 2.33. The third-order valence-corrected chi connectivity index (χ3v) is 5.71. The van der Waals surface area contributed by atoms with E-state index >= 15 is 0 Å². The van der Waals surface area contributed by atoms with Crippen LogP contribution >= 0.6 is 15.9 Å². The maximum Gasteiger partial charge on any atom is 0.0818 e. The highest BCUT2D eigenvalue weighted by molar-refractivity contribution is 9.10. The van der Waals surface area contributed by atoms with Gasteiger partial charge in [0, 0.05) is 4.47 Å². The van der Waals surface area contributed by atoms with E-state index in [1.165, 1.54) is 17.5 Å². The highest BCUT2D eigenvalue weighted by Gasteiger charge is 2.30. The van der Waals surface area contributed by atoms with Crippen LogP contribution in [0.2, 0.25) is 0 Å². The highest BCUT2D eigenvalue weighted by Crippen LogP contribution is 2.40. The molecule has 1 N–H and O–H groups in total. The fraction of sp³-hybridized carbons (Fsp3) is 0.647. The summed E-state index contributed by atoms with van der Waals surface area (Å²) in [5.74, 6) is 1.89. The van der Waals surface area contributed by atoms with Crippen LogP contribution in [0.1, 0.15) is 55.9 Å². The molecule has 1 fully saturated rings. The number of aliphatic hydroxyl groups is 1. The molecule has 1 aromatic rings. The quantitative estimate of drug-likeness (QED) is 0.795. The molecule has 1 saturated carbocycles. The Morgan fingerprint density at radius 2 is 1.53 bits per heavy atom. The van der Waals surface area contributed by atoms with Gasteiger partial charge in [0.05, 0.1) is 6.10 Å². The van der Waals surface area contributed by atoms with E-state index in [4.69, 9.17) is 0 Å². The van der Waals surface area contributed by atoms with Crippen molar-refractivity contribution in [3.05, 3.63) is 33.3 Å². The van der Waals surface area contributed by atoms with Gasteiger partial charge >= 0.3 is 0 Å². The van der Waals surface area contributed by atoms with Gasteiger partial charge in [0.1, 0.15) is 0 Å². The number of hydrogen-bond acceptors (Lipinski definition) is 1. The third-order valence-electron chi connectivity index (χ3n) is 4.46. The molecule has 2 heteroatoms. The van der Waals surface area contributed by atoms with Crippen molar-refractivity contribution in [2.75, 3.05) is 0 Å². The molecule has 0 spiro atoms. The molecule has 19 heavy (non-hydrogen) atoms. The van der Waals surface area contributed by atoms with Crippen molar-refractivity contribution >= 4 is 15.9 Å². The second-order valence-electron chi connectivity index (χ2n) is 6.59. The summed E-state index contributed by atoms with van der Waals surface area (Å²) in [5, 5.41) is 10.7. The molecule has 0 amide bonds. The first-order valence-electron chi connectivity index (χ1n) is 7.33. The molecular formula is C17H25BrO. The Bertz CT molecular complexity index is 422. The molecule has 1 aliphatic rings. The summed E-state index contributed by atoms with van der Waals surface area (Å²) in [7, 11) is 0. The molecule has 0 aromatic heterocycles. The second kappa shape index (κ2) is 5.97. The first-order valence-corrected chi connectivity index (χ1v) is 8.12. The van der Waals surface area contributed by atoms with E-state index in [0.717, 1.165) is 34.7 Å². The van der Waals surface area contributed by atoms with E-state index in [9.17, 15) is 5.11 Å². The van der Waals surface area contributed by atoms with Gasteiger partial charge in [-0.15, -0.1) is 0 Å². The zero-order valence-corrected chi connectivity index (χ0v) is 14.0. The van der Waals surface area contributed by atoms with E-state index in [1.807, 2.05) is 0 Å². The lowest BCUT2D eigenvalue weighted by atomic mass is 9.73. The smallest absolute Gasteiger partial charge is 0.0818 e. The monoisotopic (exact) mass is 324 g/mol. The van der Waals surface area contributed by atoms with Crippen LogP contribution in [0.15, 0.2) is 16.6 Å². The average molecular weight is 325 g/mol. The van der Waals surface area contributed by atoms with Gasteiger partial charge in [-0.2, -0.15) is 0 Å². The highest BCUT2D eigenvalue weighted by atomic mass is 79.9. The minimum Gasteiger partial charge on any atom is -0.388 e. The van der Waals surface area contributed by atoms with Gasteiger partial charge < -0.3 is 5.11 Å². The molecule has 0 bridgehead atoms. The lowest BCUT2D eigenvalue weighted by Crippen LogP contribution is -2.24. The maximum absolute atomic E-state index is 10.7. The van der Waals surface area contributed by atoms with Crippen LogP contribution in [0.4, 0.5) is 0 Å². The molecule has 0 saturated heterocycles. The Kier molecular flexibility index (Phi) is 4.73. The first-order chi connectivity index (χ1) is 8.88. The molecular weight excluding hydrogens is 300 g/mol. The summed E-state index contributed by atoms with van der Waals surface area (Å²) in [6, 6.07) is 4.26. The van der Waals surface area contributed by atoms with Gasteiger partial charge in [0.15, 0.2) is 0 Å². The van der Waals surface area contributed by atoms with Crippen molar-refractivity contribution in [2.45, 2.75) is 53.1 Å². The summed E-state index contributed by atoms with van der Waals surface area (Å²) in [6.45, 7) is 8.82. The lowest BCUT2D eigenvalue weighted by molar-refractivity contribution is 0.0551. The van der Waals surface area contributed by atoms with Crippen molar-refractivity contribution in [3.63, 3.8) is 0 Å². The maximum atomic E-state index is 10.7. The summed E-state index contributed by atoms with van der Waals surface area (Å²) in [4.78, 5) is 0. The van der Waals surface area contributed by atoms with E-state index in [0.29, 0.717) is 5.92 Å². The molecule has 1 nitrogen and oxygen atoms in total. The minimum atomic E-state index is -0.310. The molecule has 0 radical (unpaired) electrons. The number of aryl methyl sites for hydroxylation is 2. The fourth-order valence-electron chi connectivity index (χ4n) is 3.69. The van der Waals surface area contributed by atoms with Gasteiger partial charge in [-0.1, -0.05) is 41.9 Å². The van der Waals surface area contributed by atoms with E-state index < -0.39 is 0 Å². The summed E-state index contributed by atoms with van der Waals surface area (Å²) in [5.41, 5.74) is 3.52. The number of benzene rings is 1. The zero-order valence-electron chi connectivity index (χ0n) is 12.4. The van der Waals surface area contributed by atoms with Gasteiger partial charge in [-0.3, -0.25) is 0 Å². The van der Waals surface area contributed by atoms with Crippen LogP contribution in [0, 0.1) is 31.6 Å². The minimum absolute atomic E-state index is 0.310. The second-order valence-corrected chi connectivity index (χ2v) is 7.38. The lowest BCUT2D eigenvalue weighted by Gasteiger charge is -2.34. The Morgan fingerprint density at radius 3 is 2.00 bits per heavy atom. The first kappa shape index (κ1) is 15.1. The van der Waals surface area contributed by atoms with Gasteiger partial charge in [0.25, 0.3) is 0 Å². The molecule has 1 aliphatic carbocycles. The van der Waals surface area contributed by atoms with Crippen molar-refractivity contribution in [1.82, 2.24) is 0 Å². The summed E-state index contributed by atoms with van der Waals surface area (Å²) < 4.78 is 1.16. The fourth-order valence-corrected chi connectivity index (χ4v) is 3.92. The van der Waals surface area contributed by atoms with Crippen molar-refractivity contribution in [3.8, 4) is 0 Å². The van der Waals surface area contributed by atoms with E-state index in [-0.39, 0.29) is 6.10 Å². The summed E-state index contributed by atoms with van der Waals surface area (Å²) >= 11 is 3.60. The number of aliphatic hydroxyl groups excluding tert-OH is 1. The van der Waals surface area contributed by atoms with E-state index in [1.54, 1.807) is 0 Å². The zero-order chi connectivity index (χ0) is 14.2. The van der Waals surface area contributed by atoms with Gasteiger partial charge in [-0.25, -0.2) is 0 Å². The van der Waals surface area contributed by atoms with Crippen LogP contribution in [-0.4, -0.2) is 5.11 Å². The number of rotatable bonds is 2. The van der Waals surface area contributed by atoms with E-state index in [2.05, 4.69) is 55.8 Å². The van der Waals surface area contributed by atoms with Crippen LogP contribution in [0.25, 0.3) is 0 Å². The Morgan fingerprint density at radius 1 is 1.05 bits per heavy atom. The van der Waals surface area contributed by atoms with Crippen LogP contribution in [0.3, 0.4) is 0 Å². The molecule has 3 atom stereocenters. The Hall–Kier alpha value is -0.340. The van der Waals surface area contributed by atoms with Gasteiger partial charge in [-0.05, 0) is 67.6 Å². The van der Waals surface area contributed by atoms with Crippen molar-refractivity contribution in [2.24, 2.45) is 17.8 Å². The normalized spacial score (nSPS) is 29.3. The predicted molar refractivity (Wildman–Crippen MR) is 84.2 cm³/mol. The number of halogens is 1. The molecule has 106 valence electrons. The predicted octanol–water partition coefficient (Wildman–Crippen LogP) is 5.17. The standard InChI is InChI=1S/C17H25BrO/c1-10-5-11(2)7-14(6-10)17(19)15-8-12(3)16(18)13(4)9-15/h8-11,14,17,19H,5-7H2,1-4H3. The van der Waals surface area contributed by atoms with Crippen molar-refractivity contribution in [1.29, 1.82) is 0 Å². The molecule has 3 unspecified atom stereocenters. The largest absolute Gasteiger partial charge is 0.388 e. The molecule has 0 heterocycles. The third kappa shape index (κ3) is 3.41. The Labute approximate surface area is 125 Å². The SMILES string of the molecule is Cc1cc(C(O)C2CC(C)CC(C)C2)cc(C)c1Br. The summed E-state index contributed by atoms with van der Waals surface area (Å²) in [6.07, 6.45) is 3.30. The molecule has 2 rings (SSSR count). The Balaban J connectivity index is 2.21. The number of hydrogen-bond donors (Lipinski definition) is 1. The molecule has 1 aromatic carbocycles. The van der Waals surface area contributed by atoms with Crippen LogP contribution in [0.5, 0.6) is 0 Å². The van der Waals surface area contributed by atoms with Crippen LogP contribution in [-0.2, 0) is 0 Å². The molecule has 0 aliphatic heterocycles. The van der Waals surface area contributed by atoms with Crippen LogP contribution < -0.4 is 0 Å². The topological polar surface area (TPSA) is 20.2 Å². The van der Waals surface area contributed by atoms with Gasteiger partial charge in [0.2, 0.25) is 0 Å².